The fraction of sp³-hybridized carbons (Fsp3) is 0.304. The molecule has 1 saturated carbocycles. The van der Waals surface area contributed by atoms with E-state index in [9.17, 15) is 9.59 Å². The number of carbonyl (C=O) groups excluding carboxylic acids is 2. The highest BCUT2D eigenvalue weighted by Gasteiger charge is 2.33. The molecule has 2 aromatic carbocycles. The lowest BCUT2D eigenvalue weighted by Gasteiger charge is -2.31. The Labute approximate surface area is 181 Å². The van der Waals surface area contributed by atoms with Gasteiger partial charge in [0.05, 0.1) is 0 Å². The van der Waals surface area contributed by atoms with Gasteiger partial charge >= 0.3 is 0 Å². The Morgan fingerprint density at radius 1 is 1.10 bits per heavy atom. The van der Waals surface area contributed by atoms with Crippen LogP contribution in [0, 0.1) is 12.3 Å². The molecule has 0 unspecified atom stereocenters. The second kappa shape index (κ2) is 9.82. The molecule has 0 bridgehead atoms. The van der Waals surface area contributed by atoms with Crippen LogP contribution in [0.2, 0.25) is 10.0 Å². The van der Waals surface area contributed by atoms with E-state index in [0.717, 1.165) is 25.7 Å². The Hall–Kier alpha value is -2.48. The first-order chi connectivity index (χ1) is 14.0. The lowest BCUT2D eigenvalue weighted by molar-refractivity contribution is -0.138. The van der Waals surface area contributed by atoms with E-state index in [4.69, 9.17) is 29.6 Å². The Bertz CT molecular complexity index is 915. The quantitative estimate of drug-likeness (QED) is 0.674. The predicted octanol–water partition coefficient (Wildman–Crippen LogP) is 4.76. The van der Waals surface area contributed by atoms with Gasteiger partial charge in [-0.15, -0.1) is 6.42 Å². The van der Waals surface area contributed by atoms with Crippen LogP contribution in [0.25, 0.3) is 0 Å². The zero-order chi connectivity index (χ0) is 20.8. The number of nitrogens with zero attached hydrogens (tertiary/aromatic N) is 1. The van der Waals surface area contributed by atoms with E-state index in [-0.39, 0.29) is 18.5 Å². The third kappa shape index (κ3) is 5.32. The maximum Gasteiger partial charge on any atom is 0.299 e. The number of amides is 2. The van der Waals surface area contributed by atoms with E-state index in [1.807, 2.05) is 18.2 Å². The summed E-state index contributed by atoms with van der Waals surface area (Å²) in [7, 11) is 0. The molecule has 150 valence electrons. The normalized spacial score (nSPS) is 14.8. The van der Waals surface area contributed by atoms with Crippen LogP contribution in [0.15, 0.2) is 48.5 Å². The molecule has 2 aromatic rings. The smallest absolute Gasteiger partial charge is 0.299 e. The topological polar surface area (TPSA) is 49.4 Å². The molecule has 1 fully saturated rings. The molecule has 2 amide bonds. The molecule has 0 spiro atoms. The summed E-state index contributed by atoms with van der Waals surface area (Å²) in [5.41, 5.74) is 1.35. The maximum atomic E-state index is 13.3. The van der Waals surface area contributed by atoms with Gasteiger partial charge in [0.2, 0.25) is 5.91 Å². The summed E-state index contributed by atoms with van der Waals surface area (Å²) in [4.78, 5) is 27.4. The monoisotopic (exact) mass is 428 g/mol. The average molecular weight is 429 g/mol. The molecular weight excluding hydrogens is 407 g/mol. The highest BCUT2D eigenvalue weighted by molar-refractivity contribution is 6.31. The number of halogens is 2. The van der Waals surface area contributed by atoms with E-state index in [2.05, 4.69) is 11.2 Å². The van der Waals surface area contributed by atoms with Crippen LogP contribution in [0.1, 0.15) is 42.9 Å². The first-order valence-corrected chi connectivity index (χ1v) is 10.3. The maximum absolute atomic E-state index is 13.3. The van der Waals surface area contributed by atoms with Crippen LogP contribution in [0.3, 0.4) is 0 Å². The van der Waals surface area contributed by atoms with Crippen LogP contribution < -0.4 is 5.32 Å². The van der Waals surface area contributed by atoms with Gasteiger partial charge < -0.3 is 10.2 Å². The van der Waals surface area contributed by atoms with Gasteiger partial charge in [-0.1, -0.05) is 66.4 Å². The van der Waals surface area contributed by atoms with Crippen molar-refractivity contribution in [2.75, 3.05) is 0 Å². The molecule has 1 aliphatic rings. The zero-order valence-corrected chi connectivity index (χ0v) is 17.4. The average Bonchev–Trinajstić information content (AvgIpc) is 3.22. The SMILES string of the molecule is C#CC(=O)N(Cc1ccccc1Cl)[C@@H](C(=O)NC1CCCC1)c1ccc(Cl)cc1. The summed E-state index contributed by atoms with van der Waals surface area (Å²) in [5.74, 6) is 1.32. The third-order valence-electron chi connectivity index (χ3n) is 5.13. The molecule has 4 nitrogen and oxygen atoms in total. The second-order valence-electron chi connectivity index (χ2n) is 7.11. The Balaban J connectivity index is 1.98. The van der Waals surface area contributed by atoms with Crippen molar-refractivity contribution in [3.05, 3.63) is 69.7 Å². The van der Waals surface area contributed by atoms with Crippen LogP contribution in [0.5, 0.6) is 0 Å². The minimum atomic E-state index is -0.882. The van der Waals surface area contributed by atoms with Crippen molar-refractivity contribution in [2.24, 2.45) is 0 Å². The van der Waals surface area contributed by atoms with Crippen LogP contribution in [0.4, 0.5) is 0 Å². The summed E-state index contributed by atoms with van der Waals surface area (Å²) >= 11 is 12.3. The lowest BCUT2D eigenvalue weighted by Crippen LogP contribution is -2.45. The second-order valence-corrected chi connectivity index (χ2v) is 7.96. The highest BCUT2D eigenvalue weighted by Crippen LogP contribution is 2.28. The summed E-state index contributed by atoms with van der Waals surface area (Å²) in [6, 6.07) is 13.3. The van der Waals surface area contributed by atoms with Crippen molar-refractivity contribution < 1.29 is 9.59 Å². The number of rotatable bonds is 6. The van der Waals surface area contributed by atoms with E-state index < -0.39 is 11.9 Å². The number of carbonyl (C=O) groups is 2. The molecule has 0 aromatic heterocycles. The predicted molar refractivity (Wildman–Crippen MR) is 115 cm³/mol. The molecule has 29 heavy (non-hydrogen) atoms. The van der Waals surface area contributed by atoms with E-state index in [0.29, 0.717) is 21.2 Å². The van der Waals surface area contributed by atoms with Crippen molar-refractivity contribution in [1.82, 2.24) is 10.2 Å². The van der Waals surface area contributed by atoms with Crippen molar-refractivity contribution in [3.8, 4) is 12.3 Å². The molecule has 0 aliphatic heterocycles. The fourth-order valence-corrected chi connectivity index (χ4v) is 3.96. The molecule has 6 heteroatoms. The lowest BCUT2D eigenvalue weighted by atomic mass is 10.0. The zero-order valence-electron chi connectivity index (χ0n) is 15.9. The van der Waals surface area contributed by atoms with Gasteiger partial charge in [-0.2, -0.15) is 0 Å². The molecule has 1 atom stereocenters. The molecule has 0 saturated heterocycles. The number of terminal acetylenes is 1. The van der Waals surface area contributed by atoms with Crippen molar-refractivity contribution in [1.29, 1.82) is 0 Å². The fourth-order valence-electron chi connectivity index (χ4n) is 3.64. The van der Waals surface area contributed by atoms with Gasteiger partial charge in [0.25, 0.3) is 5.91 Å². The molecule has 1 N–H and O–H groups in total. The Morgan fingerprint density at radius 3 is 2.38 bits per heavy atom. The van der Waals surface area contributed by atoms with E-state index in [1.165, 1.54) is 4.90 Å². The van der Waals surface area contributed by atoms with E-state index >= 15 is 0 Å². The first kappa shape index (κ1) is 21.2. The van der Waals surface area contributed by atoms with E-state index in [1.54, 1.807) is 30.3 Å². The Morgan fingerprint density at radius 2 is 1.76 bits per heavy atom. The number of benzene rings is 2. The summed E-state index contributed by atoms with van der Waals surface area (Å²) in [6.07, 6.45) is 9.49. The molecule has 0 radical (unpaired) electrons. The third-order valence-corrected chi connectivity index (χ3v) is 5.75. The summed E-state index contributed by atoms with van der Waals surface area (Å²) in [5, 5.41) is 4.14. The number of nitrogens with one attached hydrogen (secondary N) is 1. The number of hydrogen-bond acceptors (Lipinski definition) is 2. The van der Waals surface area contributed by atoms with Crippen molar-refractivity contribution >= 4 is 35.0 Å². The van der Waals surface area contributed by atoms with Crippen LogP contribution in [-0.4, -0.2) is 22.8 Å². The van der Waals surface area contributed by atoms with Gasteiger partial charge in [-0.25, -0.2) is 0 Å². The van der Waals surface area contributed by atoms with Gasteiger partial charge in [0.1, 0.15) is 6.04 Å². The van der Waals surface area contributed by atoms with Gasteiger partial charge in [0, 0.05) is 22.6 Å². The summed E-state index contributed by atoms with van der Waals surface area (Å²) < 4.78 is 0. The number of hydrogen-bond donors (Lipinski definition) is 1. The highest BCUT2D eigenvalue weighted by atomic mass is 35.5. The van der Waals surface area contributed by atoms with Gasteiger partial charge in [-0.3, -0.25) is 9.59 Å². The standard InChI is InChI=1S/C23H22Cl2N2O2/c1-2-21(28)27(15-17-7-3-6-10-20(17)25)22(16-11-13-18(24)14-12-16)23(29)26-19-8-4-5-9-19/h1,3,6-7,10-14,19,22H,4-5,8-9,15H2,(H,26,29)/t22-/m1/s1. The molecular formula is C23H22Cl2N2O2. The van der Waals surface area contributed by atoms with Crippen LogP contribution >= 0.6 is 23.2 Å². The Kier molecular flexibility index (Phi) is 7.19. The molecule has 0 heterocycles. The molecule has 1 aliphatic carbocycles. The minimum Gasteiger partial charge on any atom is -0.351 e. The largest absolute Gasteiger partial charge is 0.351 e. The minimum absolute atomic E-state index is 0.111. The van der Waals surface area contributed by atoms with Crippen molar-refractivity contribution in [2.45, 2.75) is 44.3 Å². The van der Waals surface area contributed by atoms with Gasteiger partial charge in [0.15, 0.2) is 0 Å². The van der Waals surface area contributed by atoms with Crippen molar-refractivity contribution in [3.63, 3.8) is 0 Å². The van der Waals surface area contributed by atoms with Crippen LogP contribution in [-0.2, 0) is 16.1 Å². The van der Waals surface area contributed by atoms with Gasteiger partial charge in [-0.05, 0) is 48.1 Å². The molecule has 3 rings (SSSR count). The summed E-state index contributed by atoms with van der Waals surface area (Å²) in [6.45, 7) is 0.119. The first-order valence-electron chi connectivity index (χ1n) is 9.56.